The SMILES string of the molecule is Fc1cccc(-c2nc3cnn(Cc4cc(-c5ccc(-c6cc[nH]c6)cc5C(F)(F)F)no4)cc-3n2)c1F. The van der Waals surface area contributed by atoms with Gasteiger partial charge in [-0.1, -0.05) is 23.4 Å². The second-order valence-corrected chi connectivity index (χ2v) is 8.43. The van der Waals surface area contributed by atoms with Crippen molar-refractivity contribution in [2.75, 3.05) is 0 Å². The highest BCUT2D eigenvalue weighted by molar-refractivity contribution is 5.72. The predicted octanol–water partition coefficient (Wildman–Crippen LogP) is 6.44. The van der Waals surface area contributed by atoms with Crippen LogP contribution < -0.4 is 0 Å². The van der Waals surface area contributed by atoms with Gasteiger partial charge in [0, 0.05) is 24.0 Å². The van der Waals surface area contributed by atoms with E-state index in [-0.39, 0.29) is 35.0 Å². The van der Waals surface area contributed by atoms with Crippen LogP contribution in [0, 0.1) is 11.6 Å². The number of alkyl halides is 3. The number of halogens is 5. The van der Waals surface area contributed by atoms with Crippen molar-refractivity contribution in [3.63, 3.8) is 0 Å². The quantitative estimate of drug-likeness (QED) is 0.264. The summed E-state index contributed by atoms with van der Waals surface area (Å²) in [6.07, 6.45) is 1.53. The molecule has 0 atom stereocenters. The lowest BCUT2D eigenvalue weighted by Gasteiger charge is -2.12. The number of aromatic nitrogens is 6. The fraction of sp³-hybridized carbons (Fsp3) is 0.0769. The molecule has 12 heteroatoms. The molecule has 0 amide bonds. The summed E-state index contributed by atoms with van der Waals surface area (Å²) in [5.74, 6) is -1.83. The summed E-state index contributed by atoms with van der Waals surface area (Å²) in [5.41, 5.74) is 0.721. The second kappa shape index (κ2) is 8.91. The zero-order valence-corrected chi connectivity index (χ0v) is 19.2. The Bertz CT molecular complexity index is 1720. The Labute approximate surface area is 210 Å². The van der Waals surface area contributed by atoms with Gasteiger partial charge in [0.05, 0.1) is 23.5 Å². The number of H-pyrrole nitrogens is 1. The van der Waals surface area contributed by atoms with Gasteiger partial charge in [-0.05, 0) is 35.4 Å². The molecule has 190 valence electrons. The first-order valence-electron chi connectivity index (χ1n) is 11.2. The van der Waals surface area contributed by atoms with Crippen molar-refractivity contribution in [3.8, 4) is 45.2 Å². The van der Waals surface area contributed by atoms with E-state index in [2.05, 4.69) is 25.2 Å². The van der Waals surface area contributed by atoms with Crippen LogP contribution in [-0.4, -0.2) is 29.9 Å². The third-order valence-corrected chi connectivity index (χ3v) is 5.92. The summed E-state index contributed by atoms with van der Waals surface area (Å²) in [5, 5.41) is 8.05. The van der Waals surface area contributed by atoms with Crippen molar-refractivity contribution >= 4 is 0 Å². The second-order valence-electron chi connectivity index (χ2n) is 8.43. The zero-order valence-electron chi connectivity index (χ0n) is 19.2. The fourth-order valence-corrected chi connectivity index (χ4v) is 4.10. The maximum atomic E-state index is 14.2. The molecule has 0 saturated carbocycles. The van der Waals surface area contributed by atoms with E-state index in [0.717, 1.165) is 12.1 Å². The van der Waals surface area contributed by atoms with E-state index >= 15 is 0 Å². The topological polar surface area (TPSA) is 85.4 Å². The smallest absolute Gasteiger partial charge is 0.367 e. The number of aromatic amines is 1. The first kappa shape index (κ1) is 23.5. The van der Waals surface area contributed by atoms with Gasteiger partial charge in [0.1, 0.15) is 23.6 Å². The van der Waals surface area contributed by atoms with E-state index in [0.29, 0.717) is 22.5 Å². The van der Waals surface area contributed by atoms with Crippen LogP contribution >= 0.6 is 0 Å². The largest absolute Gasteiger partial charge is 0.417 e. The molecule has 38 heavy (non-hydrogen) atoms. The lowest BCUT2D eigenvalue weighted by Crippen LogP contribution is -2.07. The highest BCUT2D eigenvalue weighted by atomic mass is 19.4. The van der Waals surface area contributed by atoms with Gasteiger partial charge in [0.15, 0.2) is 23.2 Å². The Kier molecular flexibility index (Phi) is 5.51. The van der Waals surface area contributed by atoms with Crippen LogP contribution in [0.4, 0.5) is 22.0 Å². The standard InChI is InChI=1S/C26H15F5N6O/c27-20-3-1-2-18(24(20)28)25-34-22-11-33-37(13-23(22)35-25)12-16-9-21(36-38-16)17-5-4-14(15-6-7-32-10-15)8-19(17)26(29,30)31/h1-11,13,32H,12H2. The number of hydrogen-bond donors (Lipinski definition) is 1. The van der Waals surface area contributed by atoms with Gasteiger partial charge in [-0.3, -0.25) is 4.68 Å². The first-order chi connectivity index (χ1) is 18.3. The molecular weight excluding hydrogens is 507 g/mol. The zero-order chi connectivity index (χ0) is 26.4. The van der Waals surface area contributed by atoms with Gasteiger partial charge in [0.2, 0.25) is 0 Å². The molecule has 4 aromatic rings. The lowest BCUT2D eigenvalue weighted by atomic mass is 9.98. The molecular formula is C26H15F5N6O. The summed E-state index contributed by atoms with van der Waals surface area (Å²) in [4.78, 5) is 11.3. The van der Waals surface area contributed by atoms with Crippen molar-refractivity contribution in [2.45, 2.75) is 12.7 Å². The van der Waals surface area contributed by atoms with Crippen LogP contribution in [0.2, 0.25) is 0 Å². The molecule has 2 aliphatic rings. The number of benzene rings is 2. The number of fused-ring (bicyclic) bond motifs is 1. The third-order valence-electron chi connectivity index (χ3n) is 5.92. The van der Waals surface area contributed by atoms with Crippen LogP contribution in [0.5, 0.6) is 0 Å². The van der Waals surface area contributed by atoms with Crippen LogP contribution in [0.25, 0.3) is 45.2 Å². The molecule has 0 fully saturated rings. The molecule has 2 aromatic heterocycles. The number of rotatable bonds is 5. The Morgan fingerprint density at radius 2 is 1.74 bits per heavy atom. The minimum absolute atomic E-state index is 0.00117. The minimum Gasteiger partial charge on any atom is -0.367 e. The van der Waals surface area contributed by atoms with E-state index in [4.69, 9.17) is 4.52 Å². The normalized spacial score (nSPS) is 11.9. The number of imidazole rings is 1. The van der Waals surface area contributed by atoms with Gasteiger partial charge in [-0.25, -0.2) is 18.7 Å². The Hall–Kier alpha value is -4.87. The first-order valence-corrected chi connectivity index (χ1v) is 11.2. The number of hydrogen-bond acceptors (Lipinski definition) is 5. The molecule has 2 aliphatic heterocycles. The maximum absolute atomic E-state index is 14.2. The van der Waals surface area contributed by atoms with E-state index in [1.807, 2.05) is 0 Å². The monoisotopic (exact) mass is 522 g/mol. The van der Waals surface area contributed by atoms with E-state index in [9.17, 15) is 22.0 Å². The van der Waals surface area contributed by atoms with E-state index in [1.54, 1.807) is 24.5 Å². The average Bonchev–Trinajstić information content (AvgIpc) is 3.66. The average molecular weight is 522 g/mol. The summed E-state index contributed by atoms with van der Waals surface area (Å²) >= 11 is 0. The Morgan fingerprint density at radius 3 is 2.53 bits per heavy atom. The van der Waals surface area contributed by atoms with Crippen LogP contribution in [0.3, 0.4) is 0 Å². The molecule has 4 heterocycles. The molecule has 0 unspecified atom stereocenters. The van der Waals surface area contributed by atoms with Gasteiger partial charge in [-0.2, -0.15) is 18.3 Å². The van der Waals surface area contributed by atoms with Crippen molar-refractivity contribution < 1.29 is 26.5 Å². The maximum Gasteiger partial charge on any atom is 0.417 e. The van der Waals surface area contributed by atoms with E-state index < -0.39 is 23.4 Å². The molecule has 0 spiro atoms. The molecule has 0 bridgehead atoms. The summed E-state index contributed by atoms with van der Waals surface area (Å²) in [6, 6.07) is 10.8. The summed E-state index contributed by atoms with van der Waals surface area (Å²) in [6.45, 7) is 0.0300. The fourth-order valence-electron chi connectivity index (χ4n) is 4.10. The molecule has 2 aromatic carbocycles. The molecule has 7 nitrogen and oxygen atoms in total. The van der Waals surface area contributed by atoms with Gasteiger partial charge < -0.3 is 9.51 Å². The third kappa shape index (κ3) is 4.29. The molecule has 6 rings (SSSR count). The van der Waals surface area contributed by atoms with Crippen LogP contribution in [0.15, 0.2) is 77.8 Å². The summed E-state index contributed by atoms with van der Waals surface area (Å²) in [7, 11) is 0. The van der Waals surface area contributed by atoms with Crippen molar-refractivity contribution in [1.82, 2.24) is 29.9 Å². The van der Waals surface area contributed by atoms with Crippen molar-refractivity contribution in [3.05, 3.63) is 96.3 Å². The Balaban J connectivity index is 1.29. The van der Waals surface area contributed by atoms with Gasteiger partial charge in [0.25, 0.3) is 0 Å². The minimum atomic E-state index is -4.61. The van der Waals surface area contributed by atoms with Gasteiger partial charge in [-0.15, -0.1) is 0 Å². The van der Waals surface area contributed by atoms with E-state index in [1.165, 1.54) is 41.3 Å². The highest BCUT2D eigenvalue weighted by Gasteiger charge is 2.35. The molecule has 0 radical (unpaired) electrons. The predicted molar refractivity (Wildman–Crippen MR) is 126 cm³/mol. The van der Waals surface area contributed by atoms with Crippen LogP contribution in [-0.2, 0) is 12.7 Å². The lowest BCUT2D eigenvalue weighted by molar-refractivity contribution is -0.137. The number of nitrogens with one attached hydrogen (secondary N) is 1. The number of nitrogens with zero attached hydrogens (tertiary/aromatic N) is 5. The highest BCUT2D eigenvalue weighted by Crippen LogP contribution is 2.39. The van der Waals surface area contributed by atoms with Gasteiger partial charge >= 0.3 is 6.18 Å². The summed E-state index contributed by atoms with van der Waals surface area (Å²) < 4.78 is 76.1. The Morgan fingerprint density at radius 1 is 0.895 bits per heavy atom. The van der Waals surface area contributed by atoms with Crippen molar-refractivity contribution in [2.24, 2.45) is 0 Å². The molecule has 0 saturated heterocycles. The van der Waals surface area contributed by atoms with Crippen LogP contribution in [0.1, 0.15) is 11.3 Å². The molecule has 1 N–H and O–H groups in total. The molecule has 0 aliphatic carbocycles. The van der Waals surface area contributed by atoms with Crippen molar-refractivity contribution in [1.29, 1.82) is 0 Å².